The Bertz CT molecular complexity index is 1290. The molecule has 3 aromatic carbocycles. The van der Waals surface area contributed by atoms with E-state index in [1.54, 1.807) is 0 Å². The minimum atomic E-state index is 0.0620. The highest BCUT2D eigenvalue weighted by atomic mass is 79.9. The molecule has 1 aromatic heterocycles. The summed E-state index contributed by atoms with van der Waals surface area (Å²) < 4.78 is 3.34. The fraction of sp³-hybridized carbons (Fsp3) is 0.231. The number of carbonyl (C=O) groups is 1. The number of benzene rings is 3. The van der Waals surface area contributed by atoms with Gasteiger partial charge in [-0.2, -0.15) is 0 Å². The lowest BCUT2D eigenvalue weighted by atomic mass is 10.1. The SMILES string of the molecule is Cc1ccc(C)c(N2CC(c3nc4ccccc4n3Cc3cccc(Br)c3)CC2=O)c1. The van der Waals surface area contributed by atoms with Crippen LogP contribution in [0.1, 0.15) is 34.9 Å². The van der Waals surface area contributed by atoms with Crippen molar-refractivity contribution in [2.24, 2.45) is 0 Å². The first-order chi connectivity index (χ1) is 15.0. The maximum Gasteiger partial charge on any atom is 0.227 e. The first-order valence-corrected chi connectivity index (χ1v) is 11.4. The predicted octanol–water partition coefficient (Wildman–Crippen LogP) is 5.98. The monoisotopic (exact) mass is 473 g/mol. The van der Waals surface area contributed by atoms with Gasteiger partial charge in [0.25, 0.3) is 0 Å². The van der Waals surface area contributed by atoms with Gasteiger partial charge in [0.1, 0.15) is 5.82 Å². The number of imidazole rings is 1. The summed E-state index contributed by atoms with van der Waals surface area (Å²) in [5.74, 6) is 1.22. The average Bonchev–Trinajstić information content (AvgIpc) is 3.31. The first-order valence-electron chi connectivity index (χ1n) is 10.6. The lowest BCUT2D eigenvalue weighted by Crippen LogP contribution is -2.25. The van der Waals surface area contributed by atoms with Crippen LogP contribution in [0.2, 0.25) is 0 Å². The number of carbonyl (C=O) groups excluding carboxylic acids is 1. The molecule has 0 radical (unpaired) electrons. The molecule has 4 nitrogen and oxygen atoms in total. The zero-order chi connectivity index (χ0) is 21.5. The van der Waals surface area contributed by atoms with E-state index < -0.39 is 0 Å². The molecule has 0 aliphatic carbocycles. The molecule has 1 amide bonds. The van der Waals surface area contributed by atoms with Crippen LogP contribution in [-0.2, 0) is 11.3 Å². The van der Waals surface area contributed by atoms with Gasteiger partial charge in [0.05, 0.1) is 11.0 Å². The minimum Gasteiger partial charge on any atom is -0.323 e. The van der Waals surface area contributed by atoms with E-state index >= 15 is 0 Å². The Balaban J connectivity index is 1.54. The van der Waals surface area contributed by atoms with E-state index in [4.69, 9.17) is 4.98 Å². The molecule has 1 saturated heterocycles. The second kappa shape index (κ2) is 7.97. The molecule has 4 aromatic rings. The van der Waals surface area contributed by atoms with Crippen LogP contribution >= 0.6 is 15.9 Å². The second-order valence-corrected chi connectivity index (χ2v) is 9.29. The number of hydrogen-bond donors (Lipinski definition) is 0. The van der Waals surface area contributed by atoms with E-state index in [0.717, 1.165) is 39.1 Å². The molecule has 1 aliphatic rings. The van der Waals surface area contributed by atoms with Crippen LogP contribution in [0.15, 0.2) is 71.2 Å². The maximum atomic E-state index is 13.0. The van der Waals surface area contributed by atoms with Crippen molar-refractivity contribution >= 4 is 38.6 Å². The molecular formula is C26H24BrN3O. The standard InChI is InChI=1S/C26H24BrN3O/c1-17-10-11-18(2)24(12-17)29-16-20(14-25(29)31)26-28-22-8-3-4-9-23(22)30(26)15-19-6-5-7-21(27)13-19/h3-13,20H,14-16H2,1-2H3. The maximum absolute atomic E-state index is 13.0. The van der Waals surface area contributed by atoms with Crippen LogP contribution in [0.25, 0.3) is 11.0 Å². The molecule has 5 heteroatoms. The van der Waals surface area contributed by atoms with Crippen LogP contribution in [0, 0.1) is 13.8 Å². The molecule has 1 unspecified atom stereocenters. The van der Waals surface area contributed by atoms with Gasteiger partial charge in [-0.3, -0.25) is 4.79 Å². The average molecular weight is 474 g/mol. The molecule has 0 N–H and O–H groups in total. The topological polar surface area (TPSA) is 38.1 Å². The number of aryl methyl sites for hydroxylation is 2. The summed E-state index contributed by atoms with van der Waals surface area (Å²) >= 11 is 3.58. The third-order valence-electron chi connectivity index (χ3n) is 6.06. The Morgan fingerprint density at radius 2 is 1.87 bits per heavy atom. The van der Waals surface area contributed by atoms with Crippen LogP contribution in [0.3, 0.4) is 0 Å². The van der Waals surface area contributed by atoms with Crippen LogP contribution < -0.4 is 4.90 Å². The molecule has 0 saturated carbocycles. The molecule has 0 bridgehead atoms. The summed E-state index contributed by atoms with van der Waals surface area (Å²) in [7, 11) is 0. The summed E-state index contributed by atoms with van der Waals surface area (Å²) in [6.07, 6.45) is 0.481. The lowest BCUT2D eigenvalue weighted by Gasteiger charge is -2.20. The summed E-state index contributed by atoms with van der Waals surface area (Å²) in [6, 6.07) is 22.9. The van der Waals surface area contributed by atoms with Gasteiger partial charge in [0.15, 0.2) is 0 Å². The molecule has 1 fully saturated rings. The summed E-state index contributed by atoms with van der Waals surface area (Å²) in [5, 5.41) is 0. The van der Waals surface area contributed by atoms with Crippen molar-refractivity contribution in [3.05, 3.63) is 93.7 Å². The van der Waals surface area contributed by atoms with Gasteiger partial charge in [-0.05, 0) is 60.9 Å². The van der Waals surface area contributed by atoms with Gasteiger partial charge in [-0.1, -0.05) is 52.3 Å². The third-order valence-corrected chi connectivity index (χ3v) is 6.55. The molecule has 1 aliphatic heterocycles. The van der Waals surface area contributed by atoms with Crippen molar-refractivity contribution < 1.29 is 4.79 Å². The van der Waals surface area contributed by atoms with Gasteiger partial charge < -0.3 is 9.47 Å². The molecule has 2 heterocycles. The van der Waals surface area contributed by atoms with Crippen molar-refractivity contribution in [3.63, 3.8) is 0 Å². The van der Waals surface area contributed by atoms with Gasteiger partial charge in [-0.15, -0.1) is 0 Å². The van der Waals surface area contributed by atoms with Gasteiger partial charge in [0.2, 0.25) is 5.91 Å². The lowest BCUT2D eigenvalue weighted by molar-refractivity contribution is -0.117. The van der Waals surface area contributed by atoms with Crippen LogP contribution in [0.4, 0.5) is 5.69 Å². The fourth-order valence-electron chi connectivity index (χ4n) is 4.51. The highest BCUT2D eigenvalue weighted by Crippen LogP contribution is 2.35. The number of halogens is 1. The van der Waals surface area contributed by atoms with Crippen LogP contribution in [0.5, 0.6) is 0 Å². The molecule has 31 heavy (non-hydrogen) atoms. The number of hydrogen-bond acceptors (Lipinski definition) is 2. The summed E-state index contributed by atoms with van der Waals surface area (Å²) in [4.78, 5) is 20.0. The highest BCUT2D eigenvalue weighted by molar-refractivity contribution is 9.10. The zero-order valence-corrected chi connectivity index (χ0v) is 19.3. The molecule has 1 atom stereocenters. The predicted molar refractivity (Wildman–Crippen MR) is 129 cm³/mol. The first kappa shape index (κ1) is 20.0. The van der Waals surface area contributed by atoms with E-state index in [1.807, 2.05) is 23.1 Å². The third kappa shape index (κ3) is 3.79. The number of nitrogens with zero attached hydrogens (tertiary/aromatic N) is 3. The van der Waals surface area contributed by atoms with Gasteiger partial charge >= 0.3 is 0 Å². The van der Waals surface area contributed by atoms with E-state index in [9.17, 15) is 4.79 Å². The Labute approximate surface area is 190 Å². The van der Waals surface area contributed by atoms with Gasteiger partial charge in [0, 0.05) is 35.6 Å². The Morgan fingerprint density at radius 3 is 2.71 bits per heavy atom. The normalized spacial score (nSPS) is 16.4. The molecule has 0 spiro atoms. The Morgan fingerprint density at radius 1 is 1.03 bits per heavy atom. The van der Waals surface area contributed by atoms with E-state index in [-0.39, 0.29) is 11.8 Å². The number of fused-ring (bicyclic) bond motifs is 1. The van der Waals surface area contributed by atoms with E-state index in [2.05, 4.69) is 82.9 Å². The number of para-hydroxylation sites is 2. The van der Waals surface area contributed by atoms with E-state index in [0.29, 0.717) is 13.0 Å². The minimum absolute atomic E-state index is 0.0620. The zero-order valence-electron chi connectivity index (χ0n) is 17.7. The highest BCUT2D eigenvalue weighted by Gasteiger charge is 2.35. The van der Waals surface area contributed by atoms with Crippen molar-refractivity contribution in [3.8, 4) is 0 Å². The van der Waals surface area contributed by atoms with Crippen LogP contribution in [-0.4, -0.2) is 22.0 Å². The molecule has 156 valence electrons. The quantitative estimate of drug-likeness (QED) is 0.365. The fourth-order valence-corrected chi connectivity index (χ4v) is 4.96. The Hall–Kier alpha value is -2.92. The summed E-state index contributed by atoms with van der Waals surface area (Å²) in [5.41, 5.74) is 6.60. The number of anilines is 1. The smallest absolute Gasteiger partial charge is 0.227 e. The Kier molecular flexibility index (Phi) is 5.14. The van der Waals surface area contributed by atoms with Crippen molar-refractivity contribution in [2.75, 3.05) is 11.4 Å². The number of aromatic nitrogens is 2. The largest absolute Gasteiger partial charge is 0.323 e. The van der Waals surface area contributed by atoms with Gasteiger partial charge in [-0.25, -0.2) is 4.98 Å². The summed E-state index contributed by atoms with van der Waals surface area (Å²) in [6.45, 7) is 5.52. The van der Waals surface area contributed by atoms with Crippen molar-refractivity contribution in [1.82, 2.24) is 9.55 Å². The van der Waals surface area contributed by atoms with Crippen molar-refractivity contribution in [1.29, 1.82) is 0 Å². The van der Waals surface area contributed by atoms with Crippen molar-refractivity contribution in [2.45, 2.75) is 32.7 Å². The molecule has 5 rings (SSSR count). The number of amides is 1. The molecular weight excluding hydrogens is 450 g/mol. The number of rotatable bonds is 4. The van der Waals surface area contributed by atoms with E-state index in [1.165, 1.54) is 11.1 Å². The second-order valence-electron chi connectivity index (χ2n) is 8.37.